The maximum absolute atomic E-state index is 12.3. The predicted molar refractivity (Wildman–Crippen MR) is 80.5 cm³/mol. The molecule has 0 spiro atoms. The second-order valence-corrected chi connectivity index (χ2v) is 7.66. The molecule has 1 rings (SSSR count). The normalized spacial score (nSPS) is 21.3. The molecule has 118 valence electrons. The summed E-state index contributed by atoms with van der Waals surface area (Å²) in [5.41, 5.74) is 0. The maximum Gasteiger partial charge on any atom is 0.237 e. The Kier molecular flexibility index (Phi) is 6.91. The molecular weight excluding hydrogens is 278 g/mol. The van der Waals surface area contributed by atoms with Crippen LogP contribution >= 0.6 is 0 Å². The van der Waals surface area contributed by atoms with Crippen molar-refractivity contribution in [1.82, 2.24) is 15.1 Å². The Balaban J connectivity index is 2.47. The number of rotatable bonds is 8. The zero-order valence-corrected chi connectivity index (χ0v) is 13.6. The molecule has 1 N–H and O–H groups in total. The molecule has 6 nitrogen and oxygen atoms in total. The first kappa shape index (κ1) is 17.4. The number of sulfone groups is 1. The van der Waals surface area contributed by atoms with Crippen molar-refractivity contribution >= 4 is 15.7 Å². The monoisotopic (exact) mass is 305 g/mol. The summed E-state index contributed by atoms with van der Waals surface area (Å²) >= 11 is 0. The van der Waals surface area contributed by atoms with E-state index in [4.69, 9.17) is 0 Å². The molecule has 0 aromatic carbocycles. The van der Waals surface area contributed by atoms with Crippen LogP contribution in [0.5, 0.6) is 0 Å². The molecule has 1 aliphatic rings. The second kappa shape index (κ2) is 7.95. The molecule has 1 aliphatic heterocycles. The molecule has 1 saturated heterocycles. The molecule has 0 bridgehead atoms. The maximum atomic E-state index is 12.3. The van der Waals surface area contributed by atoms with Crippen LogP contribution in [0.4, 0.5) is 0 Å². The van der Waals surface area contributed by atoms with Gasteiger partial charge in [0.2, 0.25) is 5.91 Å². The third kappa shape index (κ3) is 5.38. The quantitative estimate of drug-likeness (QED) is 0.616. The van der Waals surface area contributed by atoms with Crippen LogP contribution in [0.15, 0.2) is 0 Å². The van der Waals surface area contributed by atoms with E-state index in [1.807, 2.05) is 25.9 Å². The number of carbonyl (C=O) groups excluding carboxylic acids is 1. The van der Waals surface area contributed by atoms with Gasteiger partial charge < -0.3 is 10.2 Å². The first-order chi connectivity index (χ1) is 9.39. The van der Waals surface area contributed by atoms with Gasteiger partial charge in [-0.1, -0.05) is 0 Å². The molecule has 0 aromatic rings. The number of carbonyl (C=O) groups is 1. The van der Waals surface area contributed by atoms with E-state index in [-0.39, 0.29) is 23.5 Å². The Labute approximate surface area is 122 Å². The van der Waals surface area contributed by atoms with E-state index < -0.39 is 9.84 Å². The molecule has 0 radical (unpaired) electrons. The lowest BCUT2D eigenvalue weighted by molar-refractivity contribution is -0.133. The van der Waals surface area contributed by atoms with E-state index >= 15 is 0 Å². The molecule has 20 heavy (non-hydrogen) atoms. The van der Waals surface area contributed by atoms with Crippen LogP contribution in [0, 0.1) is 0 Å². The Hall–Kier alpha value is -0.660. The fourth-order valence-corrected chi connectivity index (χ4v) is 4.32. The van der Waals surface area contributed by atoms with E-state index in [0.717, 1.165) is 19.5 Å². The van der Waals surface area contributed by atoms with Crippen LogP contribution in [0.2, 0.25) is 0 Å². The van der Waals surface area contributed by atoms with Gasteiger partial charge in [0.25, 0.3) is 0 Å². The first-order valence-corrected chi connectivity index (χ1v) is 9.04. The summed E-state index contributed by atoms with van der Waals surface area (Å²) in [6.45, 7) is 4.62. The lowest BCUT2D eigenvalue weighted by Crippen LogP contribution is -2.45. The SMILES string of the molecule is CCN(C(=O)CN(C)CCCNC)C1CCS(=O)(=O)C1. The summed E-state index contributed by atoms with van der Waals surface area (Å²) in [6, 6.07) is -0.136. The van der Waals surface area contributed by atoms with Crippen molar-refractivity contribution in [3.63, 3.8) is 0 Å². The van der Waals surface area contributed by atoms with Gasteiger partial charge in [0, 0.05) is 12.6 Å². The van der Waals surface area contributed by atoms with Crippen LogP contribution in [-0.4, -0.2) is 81.9 Å². The largest absolute Gasteiger partial charge is 0.338 e. The van der Waals surface area contributed by atoms with Crippen LogP contribution in [0.1, 0.15) is 19.8 Å². The third-order valence-electron chi connectivity index (χ3n) is 3.68. The van der Waals surface area contributed by atoms with Crippen LogP contribution in [0.3, 0.4) is 0 Å². The van der Waals surface area contributed by atoms with Gasteiger partial charge in [-0.15, -0.1) is 0 Å². The average molecular weight is 305 g/mol. The van der Waals surface area contributed by atoms with Crippen LogP contribution in [-0.2, 0) is 14.6 Å². The standard InChI is InChI=1S/C13H27N3O3S/c1-4-16(12-6-9-20(18,19)11-12)13(17)10-15(3)8-5-7-14-2/h12,14H,4-11H2,1-3H3. The molecule has 0 saturated carbocycles. The summed E-state index contributed by atoms with van der Waals surface area (Å²) in [5.74, 6) is 0.358. The topological polar surface area (TPSA) is 69.7 Å². The zero-order valence-electron chi connectivity index (χ0n) is 12.8. The lowest BCUT2D eigenvalue weighted by atomic mass is 10.2. The fourth-order valence-electron chi connectivity index (χ4n) is 2.59. The molecule has 1 fully saturated rings. The molecule has 1 atom stereocenters. The number of nitrogens with one attached hydrogen (secondary N) is 1. The molecule has 0 aliphatic carbocycles. The average Bonchev–Trinajstić information content (AvgIpc) is 2.70. The Morgan fingerprint density at radius 3 is 2.60 bits per heavy atom. The van der Waals surface area contributed by atoms with Crippen LogP contribution in [0.25, 0.3) is 0 Å². The van der Waals surface area contributed by atoms with E-state index in [2.05, 4.69) is 5.32 Å². The van der Waals surface area contributed by atoms with Gasteiger partial charge in [-0.25, -0.2) is 8.42 Å². The second-order valence-electron chi connectivity index (χ2n) is 5.43. The summed E-state index contributed by atoms with van der Waals surface area (Å²) in [5, 5.41) is 3.08. The zero-order chi connectivity index (χ0) is 15.2. The Morgan fingerprint density at radius 1 is 1.40 bits per heavy atom. The highest BCUT2D eigenvalue weighted by Crippen LogP contribution is 2.17. The van der Waals surface area contributed by atoms with Gasteiger partial charge in [0.05, 0.1) is 18.1 Å². The smallest absolute Gasteiger partial charge is 0.237 e. The molecule has 1 heterocycles. The van der Waals surface area contributed by atoms with Crippen molar-refractivity contribution in [3.8, 4) is 0 Å². The Morgan fingerprint density at radius 2 is 2.10 bits per heavy atom. The van der Waals surface area contributed by atoms with Gasteiger partial charge in [-0.05, 0) is 47.0 Å². The molecule has 0 aromatic heterocycles. The van der Waals surface area contributed by atoms with E-state index in [0.29, 0.717) is 19.5 Å². The number of hydrogen-bond acceptors (Lipinski definition) is 5. The van der Waals surface area contributed by atoms with Gasteiger partial charge in [-0.3, -0.25) is 9.69 Å². The first-order valence-electron chi connectivity index (χ1n) is 7.22. The highest BCUT2D eigenvalue weighted by atomic mass is 32.2. The van der Waals surface area contributed by atoms with E-state index in [1.165, 1.54) is 0 Å². The lowest BCUT2D eigenvalue weighted by Gasteiger charge is -2.29. The van der Waals surface area contributed by atoms with E-state index in [1.54, 1.807) is 4.90 Å². The number of likely N-dealkylation sites (N-methyl/N-ethyl adjacent to an activating group) is 2. The van der Waals surface area contributed by atoms with Crippen molar-refractivity contribution in [1.29, 1.82) is 0 Å². The summed E-state index contributed by atoms with van der Waals surface area (Å²) in [4.78, 5) is 16.0. The molecule has 1 unspecified atom stereocenters. The van der Waals surface area contributed by atoms with E-state index in [9.17, 15) is 13.2 Å². The third-order valence-corrected chi connectivity index (χ3v) is 5.43. The minimum absolute atomic E-state index is 0.0292. The number of nitrogens with zero attached hydrogens (tertiary/aromatic N) is 2. The number of amides is 1. The minimum Gasteiger partial charge on any atom is -0.338 e. The van der Waals surface area contributed by atoms with Crippen molar-refractivity contribution in [2.75, 3.05) is 51.8 Å². The van der Waals surface area contributed by atoms with Gasteiger partial charge >= 0.3 is 0 Å². The van der Waals surface area contributed by atoms with Crippen LogP contribution < -0.4 is 5.32 Å². The molecule has 7 heteroatoms. The summed E-state index contributed by atoms with van der Waals surface area (Å²) in [6.07, 6.45) is 1.57. The minimum atomic E-state index is -2.95. The molecular formula is C13H27N3O3S. The highest BCUT2D eigenvalue weighted by Gasteiger charge is 2.33. The summed E-state index contributed by atoms with van der Waals surface area (Å²) in [7, 11) is 0.885. The highest BCUT2D eigenvalue weighted by molar-refractivity contribution is 7.91. The Bertz CT molecular complexity index is 411. The van der Waals surface area contributed by atoms with Crippen molar-refractivity contribution in [2.24, 2.45) is 0 Å². The predicted octanol–water partition coefficient (Wildman–Crippen LogP) is -0.437. The van der Waals surface area contributed by atoms with Gasteiger partial charge in [0.15, 0.2) is 9.84 Å². The fraction of sp³-hybridized carbons (Fsp3) is 0.923. The number of hydrogen-bond donors (Lipinski definition) is 1. The molecule has 1 amide bonds. The van der Waals surface area contributed by atoms with Crippen molar-refractivity contribution in [3.05, 3.63) is 0 Å². The van der Waals surface area contributed by atoms with Crippen molar-refractivity contribution < 1.29 is 13.2 Å². The van der Waals surface area contributed by atoms with Gasteiger partial charge in [0.1, 0.15) is 0 Å². The van der Waals surface area contributed by atoms with Crippen molar-refractivity contribution in [2.45, 2.75) is 25.8 Å². The summed E-state index contributed by atoms with van der Waals surface area (Å²) < 4.78 is 23.1. The van der Waals surface area contributed by atoms with Gasteiger partial charge in [-0.2, -0.15) is 0 Å².